The topological polar surface area (TPSA) is 72.9 Å². The Morgan fingerprint density at radius 2 is 1.75 bits per heavy atom. The molecule has 0 saturated carbocycles. The van der Waals surface area contributed by atoms with Crippen LogP contribution in [0.15, 0.2) is 53.0 Å². The third-order valence-electron chi connectivity index (χ3n) is 4.66. The molecule has 8 heteroatoms. The van der Waals surface area contributed by atoms with Gasteiger partial charge in [0.15, 0.2) is 16.4 Å². The monoisotopic (exact) mass is 467 g/mol. The zero-order valence-corrected chi connectivity index (χ0v) is 17.9. The third kappa shape index (κ3) is 5.48. The second-order valence-electron chi connectivity index (χ2n) is 6.67. The number of carbonyl (C=O) groups is 1. The molecule has 0 aromatic heterocycles. The van der Waals surface area contributed by atoms with Gasteiger partial charge in [-0.15, -0.1) is 0 Å². The van der Waals surface area contributed by atoms with Crippen molar-refractivity contribution in [3.05, 3.63) is 58.6 Å². The van der Waals surface area contributed by atoms with E-state index >= 15 is 0 Å². The SMILES string of the molecule is COc1ccc(CN(C(=O)COc2ccc(Br)cc2)[C@H]2CCS(=O)(=O)C2)cc1. The van der Waals surface area contributed by atoms with Crippen LogP contribution in [0.4, 0.5) is 0 Å². The van der Waals surface area contributed by atoms with Gasteiger partial charge in [-0.3, -0.25) is 4.79 Å². The van der Waals surface area contributed by atoms with Crippen molar-refractivity contribution in [2.75, 3.05) is 25.2 Å². The first-order valence-corrected chi connectivity index (χ1v) is 11.5. The highest BCUT2D eigenvalue weighted by atomic mass is 79.9. The Bertz CT molecular complexity index is 913. The first-order chi connectivity index (χ1) is 13.4. The number of rotatable bonds is 7. The zero-order chi connectivity index (χ0) is 20.1. The molecule has 0 radical (unpaired) electrons. The Morgan fingerprint density at radius 1 is 1.11 bits per heavy atom. The van der Waals surface area contributed by atoms with Crippen LogP contribution >= 0.6 is 15.9 Å². The van der Waals surface area contributed by atoms with E-state index in [0.29, 0.717) is 18.7 Å². The van der Waals surface area contributed by atoms with Crippen LogP contribution in [0.5, 0.6) is 11.5 Å². The van der Waals surface area contributed by atoms with Crippen molar-refractivity contribution >= 4 is 31.7 Å². The van der Waals surface area contributed by atoms with Gasteiger partial charge in [-0.05, 0) is 48.4 Å². The molecule has 0 spiro atoms. The number of ether oxygens (including phenoxy) is 2. The van der Waals surface area contributed by atoms with E-state index in [-0.39, 0.29) is 30.1 Å². The molecular formula is C20H22BrNO5S. The van der Waals surface area contributed by atoms with Crippen LogP contribution in [0, 0.1) is 0 Å². The average Bonchev–Trinajstić information content (AvgIpc) is 3.05. The molecule has 1 saturated heterocycles. The summed E-state index contributed by atoms with van der Waals surface area (Å²) in [5, 5.41) is 0. The van der Waals surface area contributed by atoms with Gasteiger partial charge in [0.25, 0.3) is 5.91 Å². The van der Waals surface area contributed by atoms with E-state index in [9.17, 15) is 13.2 Å². The highest BCUT2D eigenvalue weighted by molar-refractivity contribution is 9.10. The number of sulfone groups is 1. The van der Waals surface area contributed by atoms with Crippen molar-refractivity contribution in [1.82, 2.24) is 4.90 Å². The van der Waals surface area contributed by atoms with Gasteiger partial charge >= 0.3 is 0 Å². The minimum atomic E-state index is -3.11. The van der Waals surface area contributed by atoms with Gasteiger partial charge in [-0.2, -0.15) is 0 Å². The molecule has 1 atom stereocenters. The maximum Gasteiger partial charge on any atom is 0.261 e. The molecule has 150 valence electrons. The summed E-state index contributed by atoms with van der Waals surface area (Å²) in [5.41, 5.74) is 0.905. The summed E-state index contributed by atoms with van der Waals surface area (Å²) >= 11 is 3.35. The molecule has 0 unspecified atom stereocenters. The normalized spacial score (nSPS) is 17.9. The number of halogens is 1. The minimum Gasteiger partial charge on any atom is -0.497 e. The summed E-state index contributed by atoms with van der Waals surface area (Å²) in [6.07, 6.45) is 0.447. The van der Waals surface area contributed by atoms with Crippen molar-refractivity contribution < 1.29 is 22.7 Å². The second-order valence-corrected chi connectivity index (χ2v) is 9.81. The second kappa shape index (κ2) is 8.96. The molecule has 2 aromatic carbocycles. The molecule has 28 heavy (non-hydrogen) atoms. The van der Waals surface area contributed by atoms with Crippen molar-refractivity contribution in [1.29, 1.82) is 0 Å². The van der Waals surface area contributed by atoms with Gasteiger partial charge in [0.1, 0.15) is 11.5 Å². The number of benzene rings is 2. The molecule has 3 rings (SSSR count). The Kier molecular flexibility index (Phi) is 6.61. The highest BCUT2D eigenvalue weighted by Gasteiger charge is 2.34. The summed E-state index contributed by atoms with van der Waals surface area (Å²) in [6.45, 7) is 0.182. The van der Waals surface area contributed by atoms with Gasteiger partial charge in [-0.25, -0.2) is 8.42 Å². The lowest BCUT2D eigenvalue weighted by molar-refractivity contribution is -0.136. The number of nitrogens with zero attached hydrogens (tertiary/aromatic N) is 1. The fourth-order valence-corrected chi connectivity index (χ4v) is 5.12. The molecule has 1 aliphatic rings. The highest BCUT2D eigenvalue weighted by Crippen LogP contribution is 2.22. The van der Waals surface area contributed by atoms with E-state index in [0.717, 1.165) is 15.8 Å². The predicted octanol–water partition coefficient (Wildman–Crippen LogP) is 3.05. The van der Waals surface area contributed by atoms with Gasteiger partial charge in [0.2, 0.25) is 0 Å². The third-order valence-corrected chi connectivity index (χ3v) is 6.94. The lowest BCUT2D eigenvalue weighted by Gasteiger charge is -2.28. The standard InChI is InChI=1S/C20H22BrNO5S/c1-26-18-6-2-15(3-7-18)12-22(17-10-11-28(24,25)14-17)20(23)13-27-19-8-4-16(21)5-9-19/h2-9,17H,10-14H2,1H3/t17-/m0/s1. The Labute approximate surface area is 173 Å². The molecule has 0 aliphatic carbocycles. The van der Waals surface area contributed by atoms with Gasteiger partial charge < -0.3 is 14.4 Å². The predicted molar refractivity (Wildman–Crippen MR) is 110 cm³/mol. The Hall–Kier alpha value is -2.06. The molecule has 6 nitrogen and oxygen atoms in total. The maximum atomic E-state index is 12.9. The van der Waals surface area contributed by atoms with Crippen LogP contribution in [-0.2, 0) is 21.2 Å². The maximum absolute atomic E-state index is 12.9. The van der Waals surface area contributed by atoms with Crippen LogP contribution in [0.1, 0.15) is 12.0 Å². The van der Waals surface area contributed by atoms with E-state index < -0.39 is 9.84 Å². The van der Waals surface area contributed by atoms with Crippen molar-refractivity contribution in [2.45, 2.75) is 19.0 Å². The van der Waals surface area contributed by atoms with E-state index in [1.54, 1.807) is 24.1 Å². The Balaban J connectivity index is 1.72. The Morgan fingerprint density at radius 3 is 2.32 bits per heavy atom. The molecular weight excluding hydrogens is 446 g/mol. The molecule has 1 heterocycles. The van der Waals surface area contributed by atoms with Crippen molar-refractivity contribution in [3.63, 3.8) is 0 Å². The number of amides is 1. The summed E-state index contributed by atoms with van der Waals surface area (Å²) < 4.78 is 35.5. The summed E-state index contributed by atoms with van der Waals surface area (Å²) in [4.78, 5) is 14.5. The number of hydrogen-bond acceptors (Lipinski definition) is 5. The van der Waals surface area contributed by atoms with E-state index in [4.69, 9.17) is 9.47 Å². The largest absolute Gasteiger partial charge is 0.497 e. The minimum absolute atomic E-state index is 0.00677. The molecule has 0 N–H and O–H groups in total. The number of carbonyl (C=O) groups excluding carboxylic acids is 1. The summed E-state index contributed by atoms with van der Waals surface area (Å²) in [7, 11) is -1.52. The molecule has 0 bridgehead atoms. The number of methoxy groups -OCH3 is 1. The first-order valence-electron chi connectivity index (χ1n) is 8.87. The van der Waals surface area contributed by atoms with Crippen molar-refractivity contribution in [2.24, 2.45) is 0 Å². The first kappa shape index (κ1) is 20.7. The van der Waals surface area contributed by atoms with Gasteiger partial charge in [0.05, 0.1) is 18.6 Å². The summed E-state index contributed by atoms with van der Waals surface area (Å²) in [5.74, 6) is 1.18. The fourth-order valence-electron chi connectivity index (χ4n) is 3.13. The molecule has 2 aromatic rings. The van der Waals surface area contributed by atoms with Gasteiger partial charge in [0, 0.05) is 17.1 Å². The molecule has 1 aliphatic heterocycles. The fraction of sp³-hybridized carbons (Fsp3) is 0.350. The van der Waals surface area contributed by atoms with Crippen LogP contribution < -0.4 is 9.47 Å². The van der Waals surface area contributed by atoms with Crippen molar-refractivity contribution in [3.8, 4) is 11.5 Å². The average molecular weight is 468 g/mol. The quantitative estimate of drug-likeness (QED) is 0.625. The van der Waals surface area contributed by atoms with Crippen LogP contribution in [0.2, 0.25) is 0 Å². The van der Waals surface area contributed by atoms with Gasteiger partial charge in [-0.1, -0.05) is 28.1 Å². The van der Waals surface area contributed by atoms with E-state index in [2.05, 4.69) is 15.9 Å². The smallest absolute Gasteiger partial charge is 0.261 e. The van der Waals surface area contributed by atoms with E-state index in [1.807, 2.05) is 36.4 Å². The lowest BCUT2D eigenvalue weighted by atomic mass is 10.1. The van der Waals surface area contributed by atoms with Crippen LogP contribution in [0.25, 0.3) is 0 Å². The van der Waals surface area contributed by atoms with Crippen LogP contribution in [-0.4, -0.2) is 50.5 Å². The van der Waals surface area contributed by atoms with E-state index in [1.165, 1.54) is 0 Å². The number of hydrogen-bond donors (Lipinski definition) is 0. The van der Waals surface area contributed by atoms with Crippen LogP contribution in [0.3, 0.4) is 0 Å². The lowest BCUT2D eigenvalue weighted by Crippen LogP contribution is -2.43. The molecule has 1 fully saturated rings. The summed E-state index contributed by atoms with van der Waals surface area (Å²) in [6, 6.07) is 14.3. The zero-order valence-electron chi connectivity index (χ0n) is 15.5. The molecule has 1 amide bonds.